The van der Waals surface area contributed by atoms with E-state index < -0.39 is 0 Å². The molecule has 78 valence electrons. The fraction of sp³-hybridized carbons (Fsp3) is 0.538. The summed E-state index contributed by atoms with van der Waals surface area (Å²) < 4.78 is 0. The van der Waals surface area contributed by atoms with Gasteiger partial charge in [0.15, 0.2) is 0 Å². The maximum Gasteiger partial charge on any atom is 0.229 e. The predicted octanol–water partition coefficient (Wildman–Crippen LogP) is 1.64. The second-order valence-electron chi connectivity index (χ2n) is 4.74. The quantitative estimate of drug-likeness (QED) is 0.473. The lowest BCUT2D eigenvalue weighted by atomic mass is 9.80. The zero-order chi connectivity index (χ0) is 10.4. The first kappa shape index (κ1) is 9.08. The van der Waals surface area contributed by atoms with Crippen LogP contribution < -0.4 is 10.9 Å². The van der Waals surface area contributed by atoms with E-state index in [1.165, 1.54) is 30.4 Å². The first-order valence-electron chi connectivity index (χ1n) is 5.78. The van der Waals surface area contributed by atoms with E-state index in [0.717, 1.165) is 36.8 Å². The van der Waals surface area contributed by atoms with E-state index in [0.29, 0.717) is 0 Å². The number of hydrogen-bond donors (Lipinski definition) is 0. The van der Waals surface area contributed by atoms with Crippen LogP contribution >= 0.6 is 0 Å². The Balaban J connectivity index is 1.99. The van der Waals surface area contributed by atoms with Gasteiger partial charge in [-0.2, -0.15) is 0 Å². The minimum Gasteiger partial charge on any atom is -0.285 e. The summed E-state index contributed by atoms with van der Waals surface area (Å²) in [6.07, 6.45) is 7.67. The molecule has 0 fully saturated rings. The molecule has 2 heteroatoms. The molecule has 3 rings (SSSR count). The normalized spacial score (nSPS) is 21.1. The number of fused-ring (bicyclic) bond motifs is 1. The van der Waals surface area contributed by atoms with Crippen molar-refractivity contribution < 1.29 is 0 Å². The van der Waals surface area contributed by atoms with Crippen LogP contribution in [0.25, 0.3) is 0 Å². The summed E-state index contributed by atoms with van der Waals surface area (Å²) in [6.45, 7) is 0. The average molecular weight is 202 g/mol. The lowest BCUT2D eigenvalue weighted by molar-refractivity contribution is 0.703. The summed E-state index contributed by atoms with van der Waals surface area (Å²) in [6, 6.07) is 0. The Bertz CT molecular complexity index is 467. The minimum absolute atomic E-state index is 0.208. The molecule has 0 spiro atoms. The monoisotopic (exact) mass is 202 g/mol. The molecule has 2 aliphatic carbocycles. The molecule has 1 aromatic carbocycles. The summed E-state index contributed by atoms with van der Waals surface area (Å²) in [4.78, 5) is 22.7. The summed E-state index contributed by atoms with van der Waals surface area (Å²) in [7, 11) is 0. The summed E-state index contributed by atoms with van der Waals surface area (Å²) >= 11 is 0. The Morgan fingerprint density at radius 2 is 1.13 bits per heavy atom. The van der Waals surface area contributed by atoms with Crippen molar-refractivity contribution in [2.75, 3.05) is 0 Å². The largest absolute Gasteiger partial charge is 0.285 e. The van der Waals surface area contributed by atoms with Gasteiger partial charge in [-0.25, -0.2) is 0 Å². The molecule has 0 atom stereocenters. The third kappa shape index (κ3) is 1.24. The van der Waals surface area contributed by atoms with Gasteiger partial charge in [-0.3, -0.25) is 9.59 Å². The SMILES string of the molecule is O=c1c2c(c1=O)CC1=C(CCCCC1)C2. The van der Waals surface area contributed by atoms with Crippen molar-refractivity contribution >= 4 is 0 Å². The van der Waals surface area contributed by atoms with Crippen molar-refractivity contribution in [1.29, 1.82) is 0 Å². The van der Waals surface area contributed by atoms with Crippen LogP contribution in [0.3, 0.4) is 0 Å². The highest BCUT2D eigenvalue weighted by atomic mass is 16.2. The van der Waals surface area contributed by atoms with Crippen molar-refractivity contribution in [3.05, 3.63) is 42.7 Å². The molecule has 0 unspecified atom stereocenters. The van der Waals surface area contributed by atoms with Crippen LogP contribution in [0.4, 0.5) is 0 Å². The molecular formula is C13H14O2. The zero-order valence-corrected chi connectivity index (χ0v) is 8.77. The lowest BCUT2D eigenvalue weighted by Crippen LogP contribution is -2.42. The molecule has 0 heterocycles. The van der Waals surface area contributed by atoms with Crippen LogP contribution in [0.5, 0.6) is 0 Å². The van der Waals surface area contributed by atoms with E-state index in [9.17, 15) is 9.59 Å². The Morgan fingerprint density at radius 1 is 0.667 bits per heavy atom. The van der Waals surface area contributed by atoms with Crippen LogP contribution in [0.2, 0.25) is 0 Å². The fourth-order valence-corrected chi connectivity index (χ4v) is 2.92. The lowest BCUT2D eigenvalue weighted by Gasteiger charge is -2.22. The third-order valence-electron chi connectivity index (χ3n) is 3.86. The number of hydrogen-bond acceptors (Lipinski definition) is 2. The summed E-state index contributed by atoms with van der Waals surface area (Å²) in [5, 5.41) is 0. The fourth-order valence-electron chi connectivity index (χ4n) is 2.92. The predicted molar refractivity (Wildman–Crippen MR) is 58.9 cm³/mol. The average Bonchev–Trinajstić information content (AvgIpc) is 2.50. The maximum absolute atomic E-state index is 11.3. The van der Waals surface area contributed by atoms with Crippen LogP contribution in [-0.2, 0) is 12.8 Å². The van der Waals surface area contributed by atoms with Gasteiger partial charge in [-0.15, -0.1) is 0 Å². The van der Waals surface area contributed by atoms with Crippen LogP contribution in [-0.4, -0.2) is 0 Å². The van der Waals surface area contributed by atoms with E-state index in [2.05, 4.69) is 0 Å². The number of rotatable bonds is 0. The van der Waals surface area contributed by atoms with E-state index in [1.54, 1.807) is 0 Å². The van der Waals surface area contributed by atoms with E-state index in [4.69, 9.17) is 0 Å². The van der Waals surface area contributed by atoms with Crippen molar-refractivity contribution in [3.63, 3.8) is 0 Å². The molecule has 0 saturated heterocycles. The molecule has 0 aromatic heterocycles. The molecule has 0 saturated carbocycles. The molecule has 15 heavy (non-hydrogen) atoms. The molecule has 0 bridgehead atoms. The molecule has 1 aromatic rings. The van der Waals surface area contributed by atoms with Gasteiger partial charge < -0.3 is 0 Å². The van der Waals surface area contributed by atoms with Gasteiger partial charge >= 0.3 is 0 Å². The molecule has 2 nitrogen and oxygen atoms in total. The topological polar surface area (TPSA) is 34.1 Å². The Morgan fingerprint density at radius 3 is 1.60 bits per heavy atom. The highest BCUT2D eigenvalue weighted by Crippen LogP contribution is 2.32. The first-order valence-corrected chi connectivity index (χ1v) is 5.78. The van der Waals surface area contributed by atoms with Crippen molar-refractivity contribution in [2.24, 2.45) is 0 Å². The molecule has 0 N–H and O–H groups in total. The highest BCUT2D eigenvalue weighted by Gasteiger charge is 2.28. The molecule has 0 aliphatic heterocycles. The Kier molecular flexibility index (Phi) is 1.91. The van der Waals surface area contributed by atoms with Gasteiger partial charge in [0.25, 0.3) is 0 Å². The molecular weight excluding hydrogens is 188 g/mol. The van der Waals surface area contributed by atoms with E-state index >= 15 is 0 Å². The molecule has 0 amide bonds. The highest BCUT2D eigenvalue weighted by molar-refractivity contribution is 5.44. The van der Waals surface area contributed by atoms with Crippen molar-refractivity contribution in [3.8, 4) is 0 Å². The zero-order valence-electron chi connectivity index (χ0n) is 8.77. The minimum atomic E-state index is -0.208. The van der Waals surface area contributed by atoms with Gasteiger partial charge in [-0.1, -0.05) is 17.6 Å². The maximum atomic E-state index is 11.3. The molecule has 2 aliphatic rings. The van der Waals surface area contributed by atoms with E-state index in [-0.39, 0.29) is 10.9 Å². The summed E-state index contributed by atoms with van der Waals surface area (Å²) in [5.74, 6) is 0. The van der Waals surface area contributed by atoms with E-state index in [1.807, 2.05) is 0 Å². The van der Waals surface area contributed by atoms with Crippen LogP contribution in [0, 0.1) is 0 Å². The third-order valence-corrected chi connectivity index (χ3v) is 3.86. The first-order chi connectivity index (χ1) is 7.27. The van der Waals surface area contributed by atoms with Gasteiger partial charge in [0, 0.05) is 11.1 Å². The van der Waals surface area contributed by atoms with Crippen LogP contribution in [0.15, 0.2) is 20.7 Å². The van der Waals surface area contributed by atoms with Gasteiger partial charge in [0.1, 0.15) is 0 Å². The van der Waals surface area contributed by atoms with Gasteiger partial charge in [-0.05, 0) is 38.5 Å². The summed E-state index contributed by atoms with van der Waals surface area (Å²) in [5.41, 5.74) is 4.18. The van der Waals surface area contributed by atoms with Crippen molar-refractivity contribution in [1.82, 2.24) is 0 Å². The standard InChI is InChI=1S/C13H14O2/c14-12-10-6-8-4-2-1-3-5-9(8)7-11(10)13(12)15/h1-7H2. The van der Waals surface area contributed by atoms with Crippen LogP contribution in [0.1, 0.15) is 43.2 Å². The molecule has 0 radical (unpaired) electrons. The van der Waals surface area contributed by atoms with Gasteiger partial charge in [0.05, 0.1) is 0 Å². The second-order valence-corrected chi connectivity index (χ2v) is 4.74. The number of allylic oxidation sites excluding steroid dienone is 2. The van der Waals surface area contributed by atoms with Crippen molar-refractivity contribution in [2.45, 2.75) is 44.9 Å². The smallest absolute Gasteiger partial charge is 0.229 e. The second kappa shape index (κ2) is 3.16. The van der Waals surface area contributed by atoms with Gasteiger partial charge in [0.2, 0.25) is 10.9 Å². The Hall–Kier alpha value is -1.18. The Labute approximate surface area is 88.3 Å².